The van der Waals surface area contributed by atoms with E-state index >= 15 is 0 Å². The van der Waals surface area contributed by atoms with Gasteiger partial charge in [0, 0.05) is 11.3 Å². The lowest BCUT2D eigenvalue weighted by molar-refractivity contribution is -0.122. The highest BCUT2D eigenvalue weighted by Crippen LogP contribution is 2.32. The minimum Gasteiger partial charge on any atom is -0.489 e. The van der Waals surface area contributed by atoms with Crippen LogP contribution in [0.4, 0.5) is 11.4 Å². The predicted molar refractivity (Wildman–Crippen MR) is 110 cm³/mol. The lowest BCUT2D eigenvalue weighted by Gasteiger charge is -2.23. The molecule has 2 N–H and O–H groups in total. The van der Waals surface area contributed by atoms with E-state index < -0.39 is 6.10 Å². The molecule has 6 heteroatoms. The molecular weight excluding hydrogens is 368 g/mol. The highest BCUT2D eigenvalue weighted by atomic mass is 16.5. The van der Waals surface area contributed by atoms with Crippen molar-refractivity contribution in [3.63, 3.8) is 0 Å². The summed E-state index contributed by atoms with van der Waals surface area (Å²) in [7, 11) is 0. The lowest BCUT2D eigenvalue weighted by atomic mass is 10.1. The van der Waals surface area contributed by atoms with E-state index in [-0.39, 0.29) is 11.8 Å². The molecule has 1 aliphatic heterocycles. The van der Waals surface area contributed by atoms with Gasteiger partial charge in [0.15, 0.2) is 6.10 Å². The Morgan fingerprint density at radius 2 is 1.90 bits per heavy atom. The molecule has 0 saturated heterocycles. The Balaban J connectivity index is 1.44. The second kappa shape index (κ2) is 8.06. The molecule has 0 aromatic heterocycles. The molecule has 1 atom stereocenters. The predicted octanol–water partition coefficient (Wildman–Crippen LogP) is 4.24. The monoisotopic (exact) mass is 388 g/mol. The van der Waals surface area contributed by atoms with Gasteiger partial charge in [0.2, 0.25) is 0 Å². The molecule has 3 aromatic carbocycles. The first-order valence-corrected chi connectivity index (χ1v) is 9.28. The molecule has 0 spiro atoms. The van der Waals surface area contributed by atoms with Gasteiger partial charge in [0.1, 0.15) is 18.1 Å². The minimum absolute atomic E-state index is 0.218. The van der Waals surface area contributed by atoms with Crippen molar-refractivity contribution in [1.82, 2.24) is 0 Å². The molecule has 0 fully saturated rings. The average Bonchev–Trinajstić information content (AvgIpc) is 2.74. The summed E-state index contributed by atoms with van der Waals surface area (Å²) < 4.78 is 11.3. The number of hydrogen-bond donors (Lipinski definition) is 2. The smallest absolute Gasteiger partial charge is 0.265 e. The quantitative estimate of drug-likeness (QED) is 0.686. The molecule has 0 saturated carbocycles. The number of hydrogen-bond acceptors (Lipinski definition) is 4. The molecule has 3 aromatic rings. The van der Waals surface area contributed by atoms with Crippen molar-refractivity contribution in [2.45, 2.75) is 19.6 Å². The number of rotatable bonds is 5. The third-order valence-electron chi connectivity index (χ3n) is 4.51. The van der Waals surface area contributed by atoms with Crippen molar-refractivity contribution in [3.05, 3.63) is 83.9 Å². The molecule has 1 unspecified atom stereocenters. The summed E-state index contributed by atoms with van der Waals surface area (Å²) in [5.74, 6) is 0.698. The molecule has 1 aliphatic rings. The van der Waals surface area contributed by atoms with E-state index in [1.54, 1.807) is 43.3 Å². The Labute approximate surface area is 168 Å². The van der Waals surface area contributed by atoms with Gasteiger partial charge in [-0.2, -0.15) is 0 Å². The first-order chi connectivity index (χ1) is 14.1. The van der Waals surface area contributed by atoms with Crippen LogP contribution in [0.3, 0.4) is 0 Å². The standard InChI is InChI=1S/C23H20N2O4/c1-15-22(26)25-20-13-18(10-11-21(20)29-15)24-23(27)17-8-5-9-19(12-17)28-14-16-6-3-2-4-7-16/h2-13,15H,14H2,1H3,(H,24,27)(H,25,26). The lowest BCUT2D eigenvalue weighted by Crippen LogP contribution is -2.34. The maximum absolute atomic E-state index is 12.6. The van der Waals surface area contributed by atoms with E-state index in [1.807, 2.05) is 36.4 Å². The van der Waals surface area contributed by atoms with E-state index in [9.17, 15) is 9.59 Å². The van der Waals surface area contributed by atoms with Crippen molar-refractivity contribution in [2.75, 3.05) is 10.6 Å². The summed E-state index contributed by atoms with van der Waals surface area (Å²) in [6.07, 6.45) is -0.540. The summed E-state index contributed by atoms with van der Waals surface area (Å²) in [6.45, 7) is 2.11. The van der Waals surface area contributed by atoms with Crippen LogP contribution in [0.5, 0.6) is 11.5 Å². The molecule has 2 amide bonds. The zero-order valence-corrected chi connectivity index (χ0v) is 15.8. The second-order valence-corrected chi connectivity index (χ2v) is 6.72. The summed E-state index contributed by atoms with van der Waals surface area (Å²) in [4.78, 5) is 24.4. The zero-order valence-electron chi connectivity index (χ0n) is 15.8. The SMILES string of the molecule is CC1Oc2ccc(NC(=O)c3cccc(OCc4ccccc4)c3)cc2NC1=O. The fourth-order valence-corrected chi connectivity index (χ4v) is 2.96. The summed E-state index contributed by atoms with van der Waals surface area (Å²) >= 11 is 0. The van der Waals surface area contributed by atoms with Gasteiger partial charge in [0.25, 0.3) is 11.8 Å². The van der Waals surface area contributed by atoms with Gasteiger partial charge in [-0.25, -0.2) is 0 Å². The molecule has 4 rings (SSSR count). The van der Waals surface area contributed by atoms with Crippen LogP contribution in [0.2, 0.25) is 0 Å². The number of carbonyl (C=O) groups excluding carboxylic acids is 2. The second-order valence-electron chi connectivity index (χ2n) is 6.72. The molecular formula is C23H20N2O4. The summed E-state index contributed by atoms with van der Waals surface area (Å²) in [6, 6.07) is 22.0. The van der Waals surface area contributed by atoms with Gasteiger partial charge < -0.3 is 20.1 Å². The van der Waals surface area contributed by atoms with E-state index in [4.69, 9.17) is 9.47 Å². The largest absolute Gasteiger partial charge is 0.489 e. The first kappa shape index (κ1) is 18.6. The van der Waals surface area contributed by atoms with Crippen LogP contribution in [0.25, 0.3) is 0 Å². The van der Waals surface area contributed by atoms with E-state index in [0.29, 0.717) is 35.0 Å². The van der Waals surface area contributed by atoms with E-state index in [2.05, 4.69) is 10.6 Å². The van der Waals surface area contributed by atoms with Crippen LogP contribution in [-0.2, 0) is 11.4 Å². The number of fused-ring (bicyclic) bond motifs is 1. The first-order valence-electron chi connectivity index (χ1n) is 9.28. The van der Waals surface area contributed by atoms with Gasteiger partial charge in [-0.15, -0.1) is 0 Å². The molecule has 0 radical (unpaired) electrons. The Hall–Kier alpha value is -3.80. The minimum atomic E-state index is -0.540. The van der Waals surface area contributed by atoms with Crippen molar-refractivity contribution >= 4 is 23.2 Å². The molecule has 0 bridgehead atoms. The zero-order chi connectivity index (χ0) is 20.2. The van der Waals surface area contributed by atoms with Gasteiger partial charge in [0.05, 0.1) is 5.69 Å². The Morgan fingerprint density at radius 1 is 1.07 bits per heavy atom. The number of ether oxygens (including phenoxy) is 2. The highest BCUT2D eigenvalue weighted by Gasteiger charge is 2.23. The van der Waals surface area contributed by atoms with Crippen molar-refractivity contribution < 1.29 is 19.1 Å². The molecule has 1 heterocycles. The van der Waals surface area contributed by atoms with Gasteiger partial charge in [-0.3, -0.25) is 9.59 Å². The van der Waals surface area contributed by atoms with Gasteiger partial charge in [-0.05, 0) is 48.9 Å². The molecule has 0 aliphatic carbocycles. The fraction of sp³-hybridized carbons (Fsp3) is 0.130. The van der Waals surface area contributed by atoms with Crippen LogP contribution in [0, 0.1) is 0 Å². The summed E-state index contributed by atoms with van der Waals surface area (Å²) in [5, 5.41) is 5.60. The third-order valence-corrected chi connectivity index (χ3v) is 4.51. The number of amides is 2. The Morgan fingerprint density at radius 3 is 2.72 bits per heavy atom. The van der Waals surface area contributed by atoms with Crippen LogP contribution in [0.1, 0.15) is 22.8 Å². The van der Waals surface area contributed by atoms with Crippen LogP contribution in [-0.4, -0.2) is 17.9 Å². The molecule has 29 heavy (non-hydrogen) atoms. The highest BCUT2D eigenvalue weighted by molar-refractivity contribution is 6.05. The number of carbonyl (C=O) groups is 2. The average molecular weight is 388 g/mol. The normalized spacial score (nSPS) is 14.9. The Kier molecular flexibility index (Phi) is 5.16. The van der Waals surface area contributed by atoms with Crippen molar-refractivity contribution in [1.29, 1.82) is 0 Å². The number of nitrogens with one attached hydrogen (secondary N) is 2. The van der Waals surface area contributed by atoms with Gasteiger partial charge >= 0.3 is 0 Å². The number of benzene rings is 3. The topological polar surface area (TPSA) is 76.7 Å². The van der Waals surface area contributed by atoms with Crippen LogP contribution < -0.4 is 20.1 Å². The Bertz CT molecular complexity index is 1050. The van der Waals surface area contributed by atoms with E-state index in [1.165, 1.54) is 0 Å². The van der Waals surface area contributed by atoms with Crippen LogP contribution in [0.15, 0.2) is 72.8 Å². The fourth-order valence-electron chi connectivity index (χ4n) is 2.96. The van der Waals surface area contributed by atoms with Crippen molar-refractivity contribution in [2.24, 2.45) is 0 Å². The maximum Gasteiger partial charge on any atom is 0.265 e. The van der Waals surface area contributed by atoms with Crippen molar-refractivity contribution in [3.8, 4) is 11.5 Å². The molecule has 146 valence electrons. The number of anilines is 2. The molecule has 6 nitrogen and oxygen atoms in total. The summed E-state index contributed by atoms with van der Waals surface area (Å²) in [5.41, 5.74) is 2.62. The maximum atomic E-state index is 12.6. The van der Waals surface area contributed by atoms with E-state index in [0.717, 1.165) is 5.56 Å². The van der Waals surface area contributed by atoms with Crippen LogP contribution >= 0.6 is 0 Å². The van der Waals surface area contributed by atoms with Gasteiger partial charge in [-0.1, -0.05) is 36.4 Å². The third kappa shape index (κ3) is 4.38.